The van der Waals surface area contributed by atoms with Crippen molar-refractivity contribution in [1.29, 1.82) is 0 Å². The number of fused-ring (bicyclic) bond motifs is 1. The summed E-state index contributed by atoms with van der Waals surface area (Å²) in [6.45, 7) is 6.02. The third-order valence-electron chi connectivity index (χ3n) is 4.45. The van der Waals surface area contributed by atoms with E-state index in [1.807, 2.05) is 55.9 Å². The van der Waals surface area contributed by atoms with Crippen LogP contribution in [0.4, 0.5) is 0 Å². The normalized spacial score (nSPS) is 13.6. The van der Waals surface area contributed by atoms with E-state index >= 15 is 0 Å². The highest BCUT2D eigenvalue weighted by Crippen LogP contribution is 2.22. The molecule has 0 saturated heterocycles. The van der Waals surface area contributed by atoms with Gasteiger partial charge < -0.3 is 14.6 Å². The molecule has 0 aliphatic rings. The summed E-state index contributed by atoms with van der Waals surface area (Å²) >= 11 is 5.74. The Morgan fingerprint density at radius 1 is 1.22 bits per heavy atom. The van der Waals surface area contributed by atoms with Crippen molar-refractivity contribution in [2.45, 2.75) is 45.7 Å². The largest absolute Gasteiger partial charge is 0.464 e. The SMILES string of the molecule is CCOC(=O)[C@@H](Cc1cn(C)c2ccccc12)NC(=O)[C@H](CC(C)C)NCl. The van der Waals surface area contributed by atoms with E-state index in [0.29, 0.717) is 12.8 Å². The van der Waals surface area contributed by atoms with Crippen LogP contribution in [0.15, 0.2) is 30.5 Å². The van der Waals surface area contributed by atoms with E-state index in [1.165, 1.54) is 0 Å². The van der Waals surface area contributed by atoms with E-state index < -0.39 is 18.1 Å². The minimum atomic E-state index is -0.775. The first-order valence-corrected chi connectivity index (χ1v) is 9.61. The lowest BCUT2D eigenvalue weighted by Gasteiger charge is -2.21. The minimum Gasteiger partial charge on any atom is -0.464 e. The second-order valence-corrected chi connectivity index (χ2v) is 7.31. The number of carbonyl (C=O) groups is 2. The van der Waals surface area contributed by atoms with Crippen LogP contribution in [0.2, 0.25) is 0 Å². The van der Waals surface area contributed by atoms with Gasteiger partial charge in [-0.25, -0.2) is 9.63 Å². The van der Waals surface area contributed by atoms with Crippen molar-refractivity contribution in [1.82, 2.24) is 14.7 Å². The summed E-state index contributed by atoms with van der Waals surface area (Å²) in [6, 6.07) is 6.61. The number of ether oxygens (including phenoxy) is 1. The molecule has 148 valence electrons. The maximum Gasteiger partial charge on any atom is 0.328 e. The highest BCUT2D eigenvalue weighted by Gasteiger charge is 2.27. The van der Waals surface area contributed by atoms with Crippen LogP contribution in [0, 0.1) is 5.92 Å². The first kappa shape index (κ1) is 21.3. The van der Waals surface area contributed by atoms with Crippen molar-refractivity contribution in [3.05, 3.63) is 36.0 Å². The number of hydrogen-bond acceptors (Lipinski definition) is 4. The predicted octanol–water partition coefficient (Wildman–Crippen LogP) is 2.93. The van der Waals surface area contributed by atoms with Crippen molar-refractivity contribution in [2.75, 3.05) is 6.61 Å². The Hall–Kier alpha value is -2.05. The smallest absolute Gasteiger partial charge is 0.328 e. The number of nitrogens with zero attached hydrogens (tertiary/aromatic N) is 1. The standard InChI is InChI=1S/C20H28ClN3O3/c1-5-27-20(26)17(22-19(25)16(23-21)10-13(2)3)11-14-12-24(4)18-9-7-6-8-15(14)18/h6-9,12-13,16-17,23H,5,10-11H2,1-4H3,(H,22,25)/t16-,17+/m0/s1. The van der Waals surface area contributed by atoms with Crippen LogP contribution >= 0.6 is 11.8 Å². The van der Waals surface area contributed by atoms with Gasteiger partial charge in [-0.2, -0.15) is 0 Å². The van der Waals surface area contributed by atoms with E-state index in [9.17, 15) is 9.59 Å². The maximum absolute atomic E-state index is 12.6. The zero-order valence-electron chi connectivity index (χ0n) is 16.3. The summed E-state index contributed by atoms with van der Waals surface area (Å²) in [7, 11) is 1.96. The highest BCUT2D eigenvalue weighted by atomic mass is 35.5. The Balaban J connectivity index is 2.23. The molecule has 27 heavy (non-hydrogen) atoms. The minimum absolute atomic E-state index is 0.254. The molecule has 0 saturated carbocycles. The summed E-state index contributed by atoms with van der Waals surface area (Å²) in [5.41, 5.74) is 2.05. The molecule has 2 atom stereocenters. The molecule has 1 aromatic carbocycles. The average molecular weight is 394 g/mol. The Morgan fingerprint density at radius 2 is 1.93 bits per heavy atom. The lowest BCUT2D eigenvalue weighted by molar-refractivity contribution is -0.147. The number of aryl methyl sites for hydroxylation is 1. The highest BCUT2D eigenvalue weighted by molar-refractivity contribution is 6.15. The maximum atomic E-state index is 12.6. The van der Waals surface area contributed by atoms with Crippen molar-refractivity contribution in [2.24, 2.45) is 13.0 Å². The lowest BCUT2D eigenvalue weighted by atomic mass is 10.0. The monoisotopic (exact) mass is 393 g/mol. The van der Waals surface area contributed by atoms with Crippen molar-refractivity contribution in [3.63, 3.8) is 0 Å². The Bertz CT molecular complexity index is 788. The summed E-state index contributed by atoms with van der Waals surface area (Å²) in [6.07, 6.45) is 2.90. The van der Waals surface area contributed by atoms with Gasteiger partial charge in [0.05, 0.1) is 6.61 Å². The quantitative estimate of drug-likeness (QED) is 0.507. The van der Waals surface area contributed by atoms with Gasteiger partial charge in [0, 0.05) is 30.6 Å². The van der Waals surface area contributed by atoms with Crippen LogP contribution in [0.25, 0.3) is 10.9 Å². The molecule has 2 rings (SSSR count). The fourth-order valence-corrected chi connectivity index (χ4v) is 3.38. The third-order valence-corrected chi connectivity index (χ3v) is 4.71. The van der Waals surface area contributed by atoms with Gasteiger partial charge in [-0.1, -0.05) is 32.0 Å². The fourth-order valence-electron chi connectivity index (χ4n) is 3.19. The number of hydrogen-bond donors (Lipinski definition) is 2. The molecule has 0 bridgehead atoms. The van der Waals surface area contributed by atoms with Crippen molar-refractivity contribution in [3.8, 4) is 0 Å². The van der Waals surface area contributed by atoms with Gasteiger partial charge in [0.25, 0.3) is 0 Å². The van der Waals surface area contributed by atoms with Crippen LogP contribution in [0.5, 0.6) is 0 Å². The lowest BCUT2D eigenvalue weighted by Crippen LogP contribution is -2.50. The summed E-state index contributed by atoms with van der Waals surface area (Å²) in [5.74, 6) is -0.472. The zero-order chi connectivity index (χ0) is 20.0. The Morgan fingerprint density at radius 3 is 2.56 bits per heavy atom. The molecular weight excluding hydrogens is 366 g/mol. The molecule has 7 heteroatoms. The van der Waals surface area contributed by atoms with Gasteiger partial charge in [-0.3, -0.25) is 4.79 Å². The number of halogens is 1. The number of benzene rings is 1. The van der Waals surface area contributed by atoms with Crippen LogP contribution in [0.1, 0.15) is 32.8 Å². The van der Waals surface area contributed by atoms with Crippen molar-refractivity contribution < 1.29 is 14.3 Å². The molecule has 0 aliphatic carbocycles. The van der Waals surface area contributed by atoms with Crippen LogP contribution in [-0.4, -0.2) is 35.1 Å². The van der Waals surface area contributed by atoms with E-state index in [1.54, 1.807) is 6.92 Å². The zero-order valence-corrected chi connectivity index (χ0v) is 17.0. The number of aromatic nitrogens is 1. The Kier molecular flexibility index (Phi) is 7.68. The summed E-state index contributed by atoms with van der Waals surface area (Å²) in [4.78, 5) is 27.6. The number of rotatable bonds is 9. The molecule has 0 fully saturated rings. The molecule has 2 aromatic rings. The van der Waals surface area contributed by atoms with Crippen LogP contribution < -0.4 is 10.2 Å². The van der Waals surface area contributed by atoms with Gasteiger partial charge in [-0.05, 0) is 42.7 Å². The number of amides is 1. The molecule has 1 heterocycles. The van der Waals surface area contributed by atoms with E-state index in [-0.39, 0.29) is 18.4 Å². The molecule has 0 radical (unpaired) electrons. The van der Waals surface area contributed by atoms with Gasteiger partial charge in [0.1, 0.15) is 12.1 Å². The fraction of sp³-hybridized carbons (Fsp3) is 0.500. The molecular formula is C20H28ClN3O3. The van der Waals surface area contributed by atoms with E-state index in [0.717, 1.165) is 16.5 Å². The van der Waals surface area contributed by atoms with Gasteiger partial charge in [0.15, 0.2) is 0 Å². The molecule has 0 unspecified atom stereocenters. The van der Waals surface area contributed by atoms with Crippen LogP contribution in [-0.2, 0) is 27.8 Å². The molecule has 0 aliphatic heterocycles. The summed E-state index contributed by atoms with van der Waals surface area (Å²) in [5, 5.41) is 3.86. The van der Waals surface area contributed by atoms with E-state index in [2.05, 4.69) is 10.2 Å². The summed E-state index contributed by atoms with van der Waals surface area (Å²) < 4.78 is 7.19. The number of para-hydroxylation sites is 1. The first-order chi connectivity index (χ1) is 12.9. The first-order valence-electron chi connectivity index (χ1n) is 9.23. The molecule has 1 amide bonds. The molecule has 0 spiro atoms. The Labute approximate surface area is 165 Å². The van der Waals surface area contributed by atoms with Crippen molar-refractivity contribution >= 4 is 34.6 Å². The number of carbonyl (C=O) groups excluding carboxylic acids is 2. The number of nitrogens with one attached hydrogen (secondary N) is 2. The second-order valence-electron chi connectivity index (χ2n) is 7.09. The average Bonchev–Trinajstić information content (AvgIpc) is 2.95. The third kappa shape index (κ3) is 5.47. The topological polar surface area (TPSA) is 72.4 Å². The van der Waals surface area contributed by atoms with Crippen LogP contribution in [0.3, 0.4) is 0 Å². The van der Waals surface area contributed by atoms with Gasteiger partial charge in [0.2, 0.25) is 5.91 Å². The van der Waals surface area contributed by atoms with Gasteiger partial charge in [-0.15, -0.1) is 0 Å². The predicted molar refractivity (Wildman–Crippen MR) is 107 cm³/mol. The second kappa shape index (κ2) is 9.76. The molecule has 1 aromatic heterocycles. The van der Waals surface area contributed by atoms with Gasteiger partial charge >= 0.3 is 5.97 Å². The molecule has 2 N–H and O–H groups in total. The number of esters is 1. The van der Waals surface area contributed by atoms with E-state index in [4.69, 9.17) is 16.5 Å². The molecule has 6 nitrogen and oxygen atoms in total.